The molecule has 28 heavy (non-hydrogen) atoms. The highest BCUT2D eigenvalue weighted by Crippen LogP contribution is 2.27. The van der Waals surface area contributed by atoms with Crippen molar-refractivity contribution < 1.29 is 14.3 Å². The van der Waals surface area contributed by atoms with E-state index in [0.717, 1.165) is 24.5 Å². The molecule has 0 aliphatic carbocycles. The van der Waals surface area contributed by atoms with Crippen molar-refractivity contribution in [3.8, 4) is 0 Å². The van der Waals surface area contributed by atoms with Gasteiger partial charge in [-0.2, -0.15) is 5.10 Å². The molecule has 1 saturated heterocycles. The molecule has 0 radical (unpaired) electrons. The number of para-hydroxylation sites is 3. The van der Waals surface area contributed by atoms with Gasteiger partial charge in [0.05, 0.1) is 30.3 Å². The lowest BCUT2D eigenvalue weighted by atomic mass is 10.1. The third kappa shape index (κ3) is 3.89. The molecule has 0 spiro atoms. The summed E-state index contributed by atoms with van der Waals surface area (Å²) in [4.78, 5) is 27.3. The number of benzene rings is 2. The average molecular weight is 378 g/mol. The maximum absolute atomic E-state index is 12.9. The molecule has 144 valence electrons. The number of carbonyl (C=O) groups excluding carboxylic acids is 2. The first-order valence-electron chi connectivity index (χ1n) is 9.41. The topological polar surface area (TPSA) is 74.2 Å². The predicted octanol–water partition coefficient (Wildman–Crippen LogP) is 2.64. The Morgan fingerprint density at radius 2 is 1.68 bits per heavy atom. The highest BCUT2D eigenvalue weighted by atomic mass is 16.5. The van der Waals surface area contributed by atoms with Gasteiger partial charge in [-0.3, -0.25) is 9.59 Å². The van der Waals surface area contributed by atoms with Gasteiger partial charge in [-0.1, -0.05) is 30.3 Å². The summed E-state index contributed by atoms with van der Waals surface area (Å²) in [5.74, 6) is -0.398. The number of carbonyl (C=O) groups is 2. The molecule has 2 heterocycles. The minimum absolute atomic E-state index is 0.114. The van der Waals surface area contributed by atoms with Crippen molar-refractivity contribution >= 4 is 34.6 Å². The largest absolute Gasteiger partial charge is 0.378 e. The standard InChI is InChI=1S/C21H22N4O3/c26-20-11-10-18(23-25(20)16-6-2-1-3-7-16)21(27)22-17-8-4-5-9-19(17)24-12-14-28-15-13-24/h1-9H,10-15H2,(H,22,27). The molecule has 7 heteroatoms. The van der Waals surface area contributed by atoms with Crippen LogP contribution in [0.2, 0.25) is 0 Å². The first-order valence-corrected chi connectivity index (χ1v) is 9.41. The number of nitrogens with one attached hydrogen (secondary N) is 1. The molecule has 7 nitrogen and oxygen atoms in total. The van der Waals surface area contributed by atoms with Gasteiger partial charge in [-0.15, -0.1) is 0 Å². The molecule has 1 N–H and O–H groups in total. The second-order valence-electron chi connectivity index (χ2n) is 6.66. The van der Waals surface area contributed by atoms with E-state index in [2.05, 4.69) is 15.3 Å². The van der Waals surface area contributed by atoms with Crippen LogP contribution in [0.25, 0.3) is 0 Å². The summed E-state index contributed by atoms with van der Waals surface area (Å²) in [6, 6.07) is 16.9. The molecular formula is C21H22N4O3. The highest BCUT2D eigenvalue weighted by molar-refractivity contribution is 6.44. The first-order chi connectivity index (χ1) is 13.7. The van der Waals surface area contributed by atoms with Gasteiger partial charge >= 0.3 is 0 Å². The minimum Gasteiger partial charge on any atom is -0.378 e. The zero-order valence-corrected chi connectivity index (χ0v) is 15.5. The Morgan fingerprint density at radius 3 is 2.46 bits per heavy atom. The van der Waals surface area contributed by atoms with E-state index in [1.54, 1.807) is 12.1 Å². The van der Waals surface area contributed by atoms with E-state index < -0.39 is 0 Å². The van der Waals surface area contributed by atoms with Gasteiger partial charge in [0.25, 0.3) is 5.91 Å². The van der Waals surface area contributed by atoms with Crippen molar-refractivity contribution in [3.63, 3.8) is 0 Å². The number of hydrazone groups is 1. The van der Waals surface area contributed by atoms with Crippen molar-refractivity contribution in [3.05, 3.63) is 54.6 Å². The molecule has 2 aliphatic heterocycles. The van der Waals surface area contributed by atoms with Crippen molar-refractivity contribution in [1.29, 1.82) is 0 Å². The van der Waals surface area contributed by atoms with Gasteiger partial charge in [-0.05, 0) is 24.3 Å². The lowest BCUT2D eigenvalue weighted by Gasteiger charge is -2.30. The van der Waals surface area contributed by atoms with Crippen LogP contribution in [0.5, 0.6) is 0 Å². The molecule has 0 unspecified atom stereocenters. The number of morpholine rings is 1. The average Bonchev–Trinajstić information content (AvgIpc) is 2.75. The van der Waals surface area contributed by atoms with E-state index in [-0.39, 0.29) is 18.2 Å². The molecule has 0 atom stereocenters. The lowest BCUT2D eigenvalue weighted by molar-refractivity contribution is -0.118. The van der Waals surface area contributed by atoms with E-state index in [9.17, 15) is 9.59 Å². The van der Waals surface area contributed by atoms with Gasteiger partial charge < -0.3 is 15.0 Å². The van der Waals surface area contributed by atoms with Crippen LogP contribution >= 0.6 is 0 Å². The van der Waals surface area contributed by atoms with Gasteiger partial charge in [0.2, 0.25) is 5.91 Å². The number of rotatable bonds is 4. The smallest absolute Gasteiger partial charge is 0.271 e. The third-order valence-electron chi connectivity index (χ3n) is 4.80. The van der Waals surface area contributed by atoms with Crippen molar-refractivity contribution in [2.24, 2.45) is 5.10 Å². The number of nitrogens with zero attached hydrogens (tertiary/aromatic N) is 3. The quantitative estimate of drug-likeness (QED) is 0.888. The van der Waals surface area contributed by atoms with Crippen molar-refractivity contribution in [2.45, 2.75) is 12.8 Å². The summed E-state index contributed by atoms with van der Waals surface area (Å²) >= 11 is 0. The van der Waals surface area contributed by atoms with Crippen LogP contribution in [0, 0.1) is 0 Å². The number of hydrogen-bond acceptors (Lipinski definition) is 5. The van der Waals surface area contributed by atoms with Crippen LogP contribution in [0.4, 0.5) is 17.1 Å². The SMILES string of the molecule is O=C(Nc1ccccc1N1CCOCC1)C1=NN(c2ccccc2)C(=O)CC1. The van der Waals surface area contributed by atoms with Gasteiger partial charge in [-0.25, -0.2) is 5.01 Å². The van der Waals surface area contributed by atoms with Crippen LogP contribution in [0.3, 0.4) is 0 Å². The van der Waals surface area contributed by atoms with Gasteiger partial charge in [0.1, 0.15) is 5.71 Å². The molecule has 4 rings (SSSR count). The number of amides is 2. The summed E-state index contributed by atoms with van der Waals surface area (Å²) in [5, 5.41) is 8.61. The van der Waals surface area contributed by atoms with E-state index in [4.69, 9.17) is 4.74 Å². The first kappa shape index (κ1) is 18.2. The Kier molecular flexibility index (Phi) is 5.34. The van der Waals surface area contributed by atoms with Crippen LogP contribution in [0.15, 0.2) is 59.7 Å². The Balaban J connectivity index is 1.55. The van der Waals surface area contributed by atoms with Crippen LogP contribution < -0.4 is 15.2 Å². The molecule has 1 fully saturated rings. The maximum Gasteiger partial charge on any atom is 0.271 e. The van der Waals surface area contributed by atoms with Crippen molar-refractivity contribution in [1.82, 2.24) is 0 Å². The zero-order valence-electron chi connectivity index (χ0n) is 15.5. The molecule has 2 amide bonds. The molecule has 0 aromatic heterocycles. The summed E-state index contributed by atoms with van der Waals surface area (Å²) < 4.78 is 5.42. The Hall–Kier alpha value is -3.19. The molecule has 0 saturated carbocycles. The third-order valence-corrected chi connectivity index (χ3v) is 4.80. The maximum atomic E-state index is 12.9. The number of ether oxygens (including phenoxy) is 1. The minimum atomic E-state index is -0.283. The van der Waals surface area contributed by atoms with Gasteiger partial charge in [0, 0.05) is 25.9 Å². The Morgan fingerprint density at radius 1 is 0.964 bits per heavy atom. The normalized spacial score (nSPS) is 17.3. The van der Waals surface area contributed by atoms with Crippen LogP contribution in [-0.4, -0.2) is 43.8 Å². The van der Waals surface area contributed by atoms with Crippen LogP contribution in [-0.2, 0) is 14.3 Å². The predicted molar refractivity (Wildman–Crippen MR) is 109 cm³/mol. The zero-order chi connectivity index (χ0) is 19.3. The molecule has 2 aromatic carbocycles. The number of hydrogen-bond donors (Lipinski definition) is 1. The Bertz CT molecular complexity index is 892. The summed E-state index contributed by atoms with van der Waals surface area (Å²) in [7, 11) is 0. The van der Waals surface area contributed by atoms with E-state index >= 15 is 0 Å². The summed E-state index contributed by atoms with van der Waals surface area (Å²) in [6.07, 6.45) is 0.583. The van der Waals surface area contributed by atoms with E-state index in [1.165, 1.54) is 5.01 Å². The molecular weight excluding hydrogens is 356 g/mol. The van der Waals surface area contributed by atoms with E-state index in [0.29, 0.717) is 31.0 Å². The fourth-order valence-electron chi connectivity index (χ4n) is 3.34. The molecule has 2 aliphatic rings. The molecule has 0 bridgehead atoms. The van der Waals surface area contributed by atoms with E-state index in [1.807, 2.05) is 42.5 Å². The monoisotopic (exact) mass is 378 g/mol. The second-order valence-corrected chi connectivity index (χ2v) is 6.66. The fraction of sp³-hybridized carbons (Fsp3) is 0.286. The Labute approximate surface area is 163 Å². The van der Waals surface area contributed by atoms with Crippen LogP contribution in [0.1, 0.15) is 12.8 Å². The van der Waals surface area contributed by atoms with Crippen molar-refractivity contribution in [2.75, 3.05) is 41.5 Å². The summed E-state index contributed by atoms with van der Waals surface area (Å²) in [6.45, 7) is 2.90. The lowest BCUT2D eigenvalue weighted by Crippen LogP contribution is -2.38. The highest BCUT2D eigenvalue weighted by Gasteiger charge is 2.26. The molecule has 2 aromatic rings. The fourth-order valence-corrected chi connectivity index (χ4v) is 3.34. The summed E-state index contributed by atoms with van der Waals surface area (Å²) in [5.41, 5.74) is 2.71. The number of anilines is 3. The van der Waals surface area contributed by atoms with Gasteiger partial charge in [0.15, 0.2) is 0 Å². The second kappa shape index (κ2) is 8.22.